The third kappa shape index (κ3) is 3.57. The molecule has 0 radical (unpaired) electrons. The number of likely N-dealkylation sites (tertiary alicyclic amines) is 1. The molecule has 1 aliphatic rings. The predicted octanol–water partition coefficient (Wildman–Crippen LogP) is 3.09. The Morgan fingerprint density at radius 2 is 1.84 bits per heavy atom. The highest BCUT2D eigenvalue weighted by Crippen LogP contribution is 2.26. The molecular weight excluding hydrogens is 238 g/mol. The molecule has 0 saturated carbocycles. The molecule has 1 saturated heterocycles. The van der Waals surface area contributed by atoms with Gasteiger partial charge in [0.15, 0.2) is 0 Å². The number of aryl methyl sites for hydroxylation is 1. The van der Waals surface area contributed by atoms with E-state index in [1.54, 1.807) is 0 Å². The third-order valence-corrected chi connectivity index (χ3v) is 3.66. The zero-order chi connectivity index (χ0) is 13.7. The van der Waals surface area contributed by atoms with E-state index in [4.69, 9.17) is 4.74 Å². The Kier molecular flexibility index (Phi) is 4.97. The van der Waals surface area contributed by atoms with Crippen LogP contribution in [0.25, 0.3) is 0 Å². The standard InChI is InChI=1S/C16H23NO2/c1-3-19-16(18)15(17-11-5-4-6-12-17)14-9-7-13(2)8-10-14/h7-10,15H,3-6,11-12H2,1-2H3/t15-/m0/s1. The van der Waals surface area contributed by atoms with E-state index in [9.17, 15) is 4.79 Å². The van der Waals surface area contributed by atoms with Gasteiger partial charge in [0.25, 0.3) is 0 Å². The summed E-state index contributed by atoms with van der Waals surface area (Å²) in [5, 5.41) is 0. The molecule has 3 nitrogen and oxygen atoms in total. The lowest BCUT2D eigenvalue weighted by atomic mass is 10.0. The van der Waals surface area contributed by atoms with Crippen molar-refractivity contribution in [2.75, 3.05) is 19.7 Å². The summed E-state index contributed by atoms with van der Waals surface area (Å²) in [6.45, 7) is 6.33. The quantitative estimate of drug-likeness (QED) is 0.780. The molecule has 0 aromatic heterocycles. The van der Waals surface area contributed by atoms with Crippen molar-refractivity contribution in [2.24, 2.45) is 0 Å². The van der Waals surface area contributed by atoms with Gasteiger partial charge in [0.2, 0.25) is 0 Å². The Balaban J connectivity index is 2.22. The van der Waals surface area contributed by atoms with E-state index in [2.05, 4.69) is 24.0 Å². The summed E-state index contributed by atoms with van der Waals surface area (Å²) < 4.78 is 5.26. The highest BCUT2D eigenvalue weighted by Gasteiger charge is 2.29. The van der Waals surface area contributed by atoms with Crippen molar-refractivity contribution < 1.29 is 9.53 Å². The Morgan fingerprint density at radius 1 is 1.21 bits per heavy atom. The van der Waals surface area contributed by atoms with E-state index >= 15 is 0 Å². The zero-order valence-corrected chi connectivity index (χ0v) is 11.9. The molecule has 0 N–H and O–H groups in total. The van der Waals surface area contributed by atoms with Gasteiger partial charge in [-0.05, 0) is 45.3 Å². The molecule has 1 atom stereocenters. The molecule has 2 rings (SSSR count). The Labute approximate surface area is 115 Å². The van der Waals surface area contributed by atoms with Crippen LogP contribution in [0.5, 0.6) is 0 Å². The molecule has 1 aromatic carbocycles. The van der Waals surface area contributed by atoms with Gasteiger partial charge in [-0.2, -0.15) is 0 Å². The molecule has 1 fully saturated rings. The van der Waals surface area contributed by atoms with Crippen LogP contribution in [0.1, 0.15) is 43.4 Å². The van der Waals surface area contributed by atoms with Gasteiger partial charge < -0.3 is 4.74 Å². The highest BCUT2D eigenvalue weighted by atomic mass is 16.5. The second kappa shape index (κ2) is 6.71. The van der Waals surface area contributed by atoms with Gasteiger partial charge >= 0.3 is 5.97 Å². The molecule has 3 heteroatoms. The molecule has 0 aliphatic carbocycles. The molecular formula is C16H23NO2. The monoisotopic (exact) mass is 261 g/mol. The van der Waals surface area contributed by atoms with Gasteiger partial charge in [0.05, 0.1) is 6.61 Å². The minimum Gasteiger partial charge on any atom is -0.465 e. The first-order chi connectivity index (χ1) is 9.22. The number of hydrogen-bond acceptors (Lipinski definition) is 3. The van der Waals surface area contributed by atoms with Crippen molar-refractivity contribution in [3.63, 3.8) is 0 Å². The molecule has 1 heterocycles. The van der Waals surface area contributed by atoms with Gasteiger partial charge in [-0.1, -0.05) is 36.2 Å². The Hall–Kier alpha value is -1.35. The van der Waals surface area contributed by atoms with Crippen LogP contribution in [-0.2, 0) is 9.53 Å². The summed E-state index contributed by atoms with van der Waals surface area (Å²) in [5.41, 5.74) is 2.26. The maximum atomic E-state index is 12.3. The van der Waals surface area contributed by atoms with Crippen molar-refractivity contribution in [2.45, 2.75) is 39.2 Å². The summed E-state index contributed by atoms with van der Waals surface area (Å²) in [6.07, 6.45) is 3.60. The minimum absolute atomic E-state index is 0.117. The summed E-state index contributed by atoms with van der Waals surface area (Å²) in [4.78, 5) is 14.5. The number of carbonyl (C=O) groups excluding carboxylic acids is 1. The summed E-state index contributed by atoms with van der Waals surface area (Å²) in [6, 6.07) is 7.98. The van der Waals surface area contributed by atoms with Gasteiger partial charge in [-0.25, -0.2) is 4.79 Å². The first-order valence-electron chi connectivity index (χ1n) is 7.19. The second-order valence-electron chi connectivity index (χ2n) is 5.16. The van der Waals surface area contributed by atoms with Crippen LogP contribution in [0.3, 0.4) is 0 Å². The van der Waals surface area contributed by atoms with E-state index in [1.165, 1.54) is 24.8 Å². The van der Waals surface area contributed by atoms with Crippen LogP contribution in [0.15, 0.2) is 24.3 Å². The van der Waals surface area contributed by atoms with Crippen molar-refractivity contribution in [3.8, 4) is 0 Å². The average Bonchev–Trinajstić information content (AvgIpc) is 2.43. The maximum Gasteiger partial charge on any atom is 0.327 e. The van der Waals surface area contributed by atoms with E-state index < -0.39 is 0 Å². The van der Waals surface area contributed by atoms with Crippen LogP contribution < -0.4 is 0 Å². The molecule has 0 bridgehead atoms. The van der Waals surface area contributed by atoms with Crippen LogP contribution in [0.4, 0.5) is 0 Å². The summed E-state index contributed by atoms with van der Waals surface area (Å²) >= 11 is 0. The molecule has 0 unspecified atom stereocenters. The minimum atomic E-state index is -0.235. The normalized spacial score (nSPS) is 18.0. The van der Waals surface area contributed by atoms with E-state index in [0.717, 1.165) is 18.7 Å². The lowest BCUT2D eigenvalue weighted by Crippen LogP contribution is -2.38. The number of piperidine rings is 1. The number of ether oxygens (including phenoxy) is 1. The molecule has 19 heavy (non-hydrogen) atoms. The lowest BCUT2D eigenvalue weighted by molar-refractivity contribution is -0.150. The zero-order valence-electron chi connectivity index (χ0n) is 11.9. The van der Waals surface area contributed by atoms with E-state index in [1.807, 2.05) is 19.1 Å². The molecule has 0 spiro atoms. The number of benzene rings is 1. The lowest BCUT2D eigenvalue weighted by Gasteiger charge is -2.33. The van der Waals surface area contributed by atoms with Gasteiger partial charge in [0.1, 0.15) is 6.04 Å². The second-order valence-corrected chi connectivity index (χ2v) is 5.16. The first-order valence-corrected chi connectivity index (χ1v) is 7.19. The number of hydrogen-bond donors (Lipinski definition) is 0. The maximum absolute atomic E-state index is 12.3. The van der Waals surface area contributed by atoms with Crippen LogP contribution in [0, 0.1) is 6.92 Å². The molecule has 1 aromatic rings. The fourth-order valence-corrected chi connectivity index (χ4v) is 2.64. The summed E-state index contributed by atoms with van der Waals surface area (Å²) in [7, 11) is 0. The van der Waals surface area contributed by atoms with E-state index in [0.29, 0.717) is 6.61 Å². The van der Waals surface area contributed by atoms with Crippen molar-refractivity contribution in [1.82, 2.24) is 4.90 Å². The summed E-state index contributed by atoms with van der Waals surface area (Å²) in [5.74, 6) is -0.117. The number of carbonyl (C=O) groups is 1. The molecule has 104 valence electrons. The Morgan fingerprint density at radius 3 is 2.42 bits per heavy atom. The van der Waals surface area contributed by atoms with Crippen LogP contribution in [0.2, 0.25) is 0 Å². The van der Waals surface area contributed by atoms with Crippen LogP contribution in [-0.4, -0.2) is 30.6 Å². The average molecular weight is 261 g/mol. The topological polar surface area (TPSA) is 29.5 Å². The molecule has 0 amide bonds. The number of esters is 1. The number of rotatable bonds is 4. The fraction of sp³-hybridized carbons (Fsp3) is 0.562. The van der Waals surface area contributed by atoms with Crippen molar-refractivity contribution in [1.29, 1.82) is 0 Å². The van der Waals surface area contributed by atoms with Crippen LogP contribution >= 0.6 is 0 Å². The van der Waals surface area contributed by atoms with E-state index in [-0.39, 0.29) is 12.0 Å². The third-order valence-electron chi connectivity index (χ3n) is 3.66. The smallest absolute Gasteiger partial charge is 0.327 e. The number of nitrogens with zero attached hydrogens (tertiary/aromatic N) is 1. The Bertz CT molecular complexity index is 407. The largest absolute Gasteiger partial charge is 0.465 e. The first kappa shape index (κ1) is 14.1. The van der Waals surface area contributed by atoms with Gasteiger partial charge in [-0.3, -0.25) is 4.90 Å². The predicted molar refractivity (Wildman–Crippen MR) is 76.0 cm³/mol. The van der Waals surface area contributed by atoms with Crippen molar-refractivity contribution in [3.05, 3.63) is 35.4 Å². The van der Waals surface area contributed by atoms with Crippen molar-refractivity contribution >= 4 is 5.97 Å². The highest BCUT2D eigenvalue weighted by molar-refractivity contribution is 5.77. The SMILES string of the molecule is CCOC(=O)[C@H](c1ccc(C)cc1)N1CCCCC1. The molecule has 1 aliphatic heterocycles. The fourth-order valence-electron chi connectivity index (χ4n) is 2.64. The van der Waals surface area contributed by atoms with Gasteiger partial charge in [-0.15, -0.1) is 0 Å². The van der Waals surface area contributed by atoms with Gasteiger partial charge in [0, 0.05) is 0 Å².